The predicted molar refractivity (Wildman–Crippen MR) is 135 cm³/mol. The van der Waals surface area contributed by atoms with Crippen LogP contribution in [0.3, 0.4) is 0 Å². The van der Waals surface area contributed by atoms with E-state index >= 15 is 0 Å². The Labute approximate surface area is 201 Å². The molecule has 0 unspecified atom stereocenters. The zero-order valence-electron chi connectivity index (χ0n) is 19.8. The zero-order valence-corrected chi connectivity index (χ0v) is 19.8. The molecule has 34 heavy (non-hydrogen) atoms. The second kappa shape index (κ2) is 9.87. The summed E-state index contributed by atoms with van der Waals surface area (Å²) < 4.78 is 0. The normalized spacial score (nSPS) is 18.9. The Morgan fingerprint density at radius 2 is 1.76 bits per heavy atom. The minimum absolute atomic E-state index is 0.211. The third kappa shape index (κ3) is 4.39. The van der Waals surface area contributed by atoms with E-state index < -0.39 is 5.54 Å². The first-order valence-corrected chi connectivity index (χ1v) is 12.5. The Morgan fingerprint density at radius 3 is 2.47 bits per heavy atom. The van der Waals surface area contributed by atoms with Gasteiger partial charge in [-0.2, -0.15) is 15.8 Å². The molecule has 2 aromatic carbocycles. The molecule has 0 bridgehead atoms. The number of benzene rings is 2. The lowest BCUT2D eigenvalue weighted by Gasteiger charge is -2.23. The molecule has 1 aliphatic carbocycles. The van der Waals surface area contributed by atoms with E-state index in [0.29, 0.717) is 13.1 Å². The van der Waals surface area contributed by atoms with Crippen LogP contribution in [0.25, 0.3) is 11.1 Å². The van der Waals surface area contributed by atoms with Crippen molar-refractivity contribution in [3.05, 3.63) is 59.7 Å². The maximum absolute atomic E-state index is 13.5. The SMILES string of the molecule is CCCCCC1=NC2(CCCC2)C(=O)N1Cc1ccc(-c2ccccc2C2=NNN=NC2)cc1. The van der Waals surface area contributed by atoms with Gasteiger partial charge in [0.1, 0.15) is 17.9 Å². The molecule has 2 aliphatic heterocycles. The molecule has 0 aromatic heterocycles. The largest absolute Gasteiger partial charge is 0.294 e. The molecule has 7 heteroatoms. The molecule has 5 rings (SSSR count). The first-order chi connectivity index (χ1) is 16.7. The topological polar surface area (TPSA) is 81.8 Å². The number of rotatable bonds is 8. The number of hydrazone groups is 1. The summed E-state index contributed by atoms with van der Waals surface area (Å²) >= 11 is 0. The van der Waals surface area contributed by atoms with Gasteiger partial charge in [0.25, 0.3) is 5.91 Å². The number of hydrogen-bond donors (Lipinski definition) is 1. The van der Waals surface area contributed by atoms with Gasteiger partial charge in [-0.15, -0.1) is 0 Å². The molecule has 1 amide bonds. The second-order valence-electron chi connectivity index (χ2n) is 9.42. The monoisotopic (exact) mass is 456 g/mol. The Balaban J connectivity index is 1.36. The average Bonchev–Trinajstić information content (AvgIpc) is 3.46. The summed E-state index contributed by atoms with van der Waals surface area (Å²) in [5.41, 5.74) is 7.38. The fourth-order valence-electron chi connectivity index (χ4n) is 5.25. The van der Waals surface area contributed by atoms with Crippen molar-refractivity contribution in [1.82, 2.24) is 10.4 Å². The lowest BCUT2D eigenvalue weighted by Crippen LogP contribution is -2.40. The van der Waals surface area contributed by atoms with E-state index in [1.54, 1.807) is 0 Å². The van der Waals surface area contributed by atoms with Gasteiger partial charge in [0.05, 0.1) is 12.3 Å². The fourth-order valence-corrected chi connectivity index (χ4v) is 5.25. The number of amidine groups is 1. The third-order valence-corrected chi connectivity index (χ3v) is 7.10. The van der Waals surface area contributed by atoms with Gasteiger partial charge >= 0.3 is 0 Å². The van der Waals surface area contributed by atoms with Crippen molar-refractivity contribution in [2.24, 2.45) is 20.4 Å². The number of nitrogens with one attached hydrogen (secondary N) is 1. The number of carbonyl (C=O) groups is 1. The highest BCUT2D eigenvalue weighted by Crippen LogP contribution is 2.40. The summed E-state index contributed by atoms with van der Waals surface area (Å²) in [7, 11) is 0. The summed E-state index contributed by atoms with van der Waals surface area (Å²) in [5, 5.41) is 12.1. The van der Waals surface area contributed by atoms with Gasteiger partial charge in [-0.25, -0.2) is 0 Å². The summed E-state index contributed by atoms with van der Waals surface area (Å²) in [6, 6.07) is 16.7. The van der Waals surface area contributed by atoms with Gasteiger partial charge in [0.2, 0.25) is 0 Å². The Morgan fingerprint density at radius 1 is 1.00 bits per heavy atom. The highest BCUT2D eigenvalue weighted by atomic mass is 16.2. The summed E-state index contributed by atoms with van der Waals surface area (Å²) in [5.74, 6) is 1.20. The summed E-state index contributed by atoms with van der Waals surface area (Å²) in [6.07, 6.45) is 8.30. The van der Waals surface area contributed by atoms with Crippen molar-refractivity contribution >= 4 is 17.5 Å². The van der Waals surface area contributed by atoms with Crippen LogP contribution in [0.4, 0.5) is 0 Å². The van der Waals surface area contributed by atoms with Crippen LogP contribution in [0.15, 0.2) is 69.0 Å². The first kappa shape index (κ1) is 22.4. The van der Waals surface area contributed by atoms with E-state index in [1.807, 2.05) is 17.0 Å². The van der Waals surface area contributed by atoms with E-state index in [2.05, 4.69) is 64.3 Å². The molecule has 1 spiro atoms. The quantitative estimate of drug-likeness (QED) is 0.520. The minimum Gasteiger partial charge on any atom is -0.294 e. The predicted octanol–water partition coefficient (Wildman–Crippen LogP) is 5.66. The van der Waals surface area contributed by atoms with Crippen molar-refractivity contribution in [2.45, 2.75) is 70.4 Å². The van der Waals surface area contributed by atoms with Crippen molar-refractivity contribution in [2.75, 3.05) is 6.54 Å². The standard InChI is InChI=1S/C27H32N6O/c1-2-3-4-11-25-29-27(16-7-8-17-27)26(34)33(25)19-20-12-14-21(15-13-20)22-9-5-6-10-23(22)24-18-28-31-32-30-24/h5-6,9-10,12-15H,2-4,7-8,11,16-19H2,1H3,(H,28,32). The van der Waals surface area contributed by atoms with E-state index in [0.717, 1.165) is 72.3 Å². The van der Waals surface area contributed by atoms with Crippen molar-refractivity contribution in [3.8, 4) is 11.1 Å². The molecule has 0 atom stereocenters. The number of amides is 1. The van der Waals surface area contributed by atoms with Gasteiger partial charge in [-0.3, -0.25) is 14.7 Å². The number of carbonyl (C=O) groups excluding carboxylic acids is 1. The molecular formula is C27H32N6O. The molecular weight excluding hydrogens is 424 g/mol. The number of nitrogens with zero attached hydrogens (tertiary/aromatic N) is 5. The molecule has 3 aliphatic rings. The molecule has 7 nitrogen and oxygen atoms in total. The highest BCUT2D eigenvalue weighted by Gasteiger charge is 2.49. The maximum Gasteiger partial charge on any atom is 0.256 e. The summed E-state index contributed by atoms with van der Waals surface area (Å²) in [6.45, 7) is 3.25. The molecule has 1 N–H and O–H groups in total. The van der Waals surface area contributed by atoms with Crippen LogP contribution in [0.2, 0.25) is 0 Å². The maximum atomic E-state index is 13.5. The Bertz CT molecular complexity index is 1130. The summed E-state index contributed by atoms with van der Waals surface area (Å²) in [4.78, 5) is 20.5. The van der Waals surface area contributed by atoms with Crippen LogP contribution in [-0.2, 0) is 11.3 Å². The average molecular weight is 457 g/mol. The van der Waals surface area contributed by atoms with Crippen molar-refractivity contribution in [1.29, 1.82) is 0 Å². The lowest BCUT2D eigenvalue weighted by atomic mass is 9.95. The highest BCUT2D eigenvalue weighted by molar-refractivity contribution is 6.08. The van der Waals surface area contributed by atoms with Gasteiger partial charge in [-0.05, 0) is 36.0 Å². The van der Waals surface area contributed by atoms with Gasteiger partial charge in [0, 0.05) is 12.0 Å². The van der Waals surface area contributed by atoms with Crippen LogP contribution in [0.1, 0.15) is 69.4 Å². The van der Waals surface area contributed by atoms with E-state index in [9.17, 15) is 4.79 Å². The zero-order chi connectivity index (χ0) is 23.4. The first-order valence-electron chi connectivity index (χ1n) is 12.5. The third-order valence-electron chi connectivity index (χ3n) is 7.10. The molecule has 2 aromatic rings. The number of aliphatic imine (C=N–C) groups is 1. The fraction of sp³-hybridized carbons (Fsp3) is 0.444. The van der Waals surface area contributed by atoms with E-state index in [1.165, 1.54) is 12.8 Å². The van der Waals surface area contributed by atoms with Gasteiger partial charge in [-0.1, -0.05) is 86.4 Å². The van der Waals surface area contributed by atoms with Crippen LogP contribution in [0.5, 0.6) is 0 Å². The van der Waals surface area contributed by atoms with Crippen LogP contribution < -0.4 is 5.53 Å². The smallest absolute Gasteiger partial charge is 0.256 e. The van der Waals surface area contributed by atoms with Gasteiger partial charge in [0.15, 0.2) is 0 Å². The lowest BCUT2D eigenvalue weighted by molar-refractivity contribution is -0.131. The van der Waals surface area contributed by atoms with E-state index in [4.69, 9.17) is 4.99 Å². The molecule has 1 saturated carbocycles. The van der Waals surface area contributed by atoms with Crippen LogP contribution in [-0.4, -0.2) is 34.4 Å². The molecule has 0 radical (unpaired) electrons. The second-order valence-corrected chi connectivity index (χ2v) is 9.42. The van der Waals surface area contributed by atoms with Crippen LogP contribution in [0, 0.1) is 0 Å². The molecule has 0 saturated heterocycles. The Hall–Kier alpha value is -3.35. The molecule has 176 valence electrons. The molecule has 1 fully saturated rings. The van der Waals surface area contributed by atoms with E-state index in [-0.39, 0.29) is 5.91 Å². The molecule has 2 heterocycles. The van der Waals surface area contributed by atoms with Gasteiger partial charge < -0.3 is 0 Å². The number of hydrogen-bond acceptors (Lipinski definition) is 6. The minimum atomic E-state index is -0.480. The van der Waals surface area contributed by atoms with Crippen molar-refractivity contribution < 1.29 is 4.79 Å². The Kier molecular flexibility index (Phi) is 6.52. The number of unbranched alkanes of at least 4 members (excludes halogenated alkanes) is 2. The van der Waals surface area contributed by atoms with Crippen LogP contribution >= 0.6 is 0 Å². The van der Waals surface area contributed by atoms with Crippen molar-refractivity contribution in [3.63, 3.8) is 0 Å².